The van der Waals surface area contributed by atoms with Crippen LogP contribution in [0.25, 0.3) is 0 Å². The fourth-order valence-corrected chi connectivity index (χ4v) is 2.59. The van der Waals surface area contributed by atoms with Crippen molar-refractivity contribution < 1.29 is 9.59 Å². The van der Waals surface area contributed by atoms with Crippen molar-refractivity contribution in [2.24, 2.45) is 5.73 Å². The topological polar surface area (TPSA) is 63.4 Å². The van der Waals surface area contributed by atoms with Crippen molar-refractivity contribution >= 4 is 17.4 Å². The smallest absolute Gasteiger partial charge is 0.236 e. The standard InChI is InChI=1S/C16H14N2O2/c17-15(19)10-18-9-11-5-1-2-6-12(11)16(20)13-7-3-4-8-14(13)18/h1-8H,9-10H2,(H2,17,19). The van der Waals surface area contributed by atoms with Crippen LogP contribution in [0.2, 0.25) is 0 Å². The molecular formula is C16H14N2O2. The van der Waals surface area contributed by atoms with E-state index < -0.39 is 5.91 Å². The van der Waals surface area contributed by atoms with E-state index in [1.807, 2.05) is 47.4 Å². The number of nitrogens with two attached hydrogens (primary N) is 1. The highest BCUT2D eigenvalue weighted by Gasteiger charge is 2.25. The third kappa shape index (κ3) is 2.05. The number of hydrogen-bond acceptors (Lipinski definition) is 3. The Morgan fingerprint density at radius 1 is 1.05 bits per heavy atom. The second-order valence-corrected chi connectivity index (χ2v) is 4.83. The molecule has 0 radical (unpaired) electrons. The summed E-state index contributed by atoms with van der Waals surface area (Å²) in [6, 6.07) is 14.8. The predicted octanol–water partition coefficient (Wildman–Crippen LogP) is 1.72. The van der Waals surface area contributed by atoms with Crippen molar-refractivity contribution in [1.29, 1.82) is 0 Å². The number of carbonyl (C=O) groups is 2. The van der Waals surface area contributed by atoms with Gasteiger partial charge in [0, 0.05) is 23.4 Å². The third-order valence-corrected chi connectivity index (χ3v) is 3.46. The Morgan fingerprint density at radius 3 is 2.45 bits per heavy atom. The molecule has 0 aromatic heterocycles. The largest absolute Gasteiger partial charge is 0.368 e. The van der Waals surface area contributed by atoms with Gasteiger partial charge >= 0.3 is 0 Å². The summed E-state index contributed by atoms with van der Waals surface area (Å²) in [5.41, 5.74) is 8.29. The van der Waals surface area contributed by atoms with Crippen LogP contribution in [0.1, 0.15) is 21.5 Å². The number of benzene rings is 2. The van der Waals surface area contributed by atoms with Crippen LogP contribution in [-0.2, 0) is 11.3 Å². The Bertz CT molecular complexity index is 694. The van der Waals surface area contributed by atoms with Gasteiger partial charge < -0.3 is 10.6 Å². The molecular weight excluding hydrogens is 252 g/mol. The lowest BCUT2D eigenvalue weighted by molar-refractivity contribution is -0.116. The number of nitrogens with zero attached hydrogens (tertiary/aromatic N) is 1. The van der Waals surface area contributed by atoms with Gasteiger partial charge in [0.25, 0.3) is 0 Å². The molecule has 1 amide bonds. The molecule has 0 spiro atoms. The van der Waals surface area contributed by atoms with E-state index in [1.54, 1.807) is 6.07 Å². The van der Waals surface area contributed by atoms with E-state index in [0.29, 0.717) is 17.7 Å². The zero-order valence-corrected chi connectivity index (χ0v) is 10.9. The summed E-state index contributed by atoms with van der Waals surface area (Å²) in [7, 11) is 0. The van der Waals surface area contributed by atoms with Crippen LogP contribution in [0.4, 0.5) is 5.69 Å². The summed E-state index contributed by atoms with van der Waals surface area (Å²) in [6.45, 7) is 0.598. The number of primary amides is 1. The number of para-hydroxylation sites is 1. The van der Waals surface area contributed by atoms with Crippen LogP contribution in [-0.4, -0.2) is 18.2 Å². The first-order chi connectivity index (χ1) is 9.66. The summed E-state index contributed by atoms with van der Waals surface area (Å²) >= 11 is 0. The Balaban J connectivity index is 2.18. The van der Waals surface area contributed by atoms with Gasteiger partial charge in [0.15, 0.2) is 5.78 Å². The molecule has 2 aromatic carbocycles. The van der Waals surface area contributed by atoms with E-state index in [4.69, 9.17) is 5.73 Å². The molecule has 0 fully saturated rings. The maximum Gasteiger partial charge on any atom is 0.236 e. The molecule has 0 saturated carbocycles. The average Bonchev–Trinajstić information content (AvgIpc) is 2.56. The van der Waals surface area contributed by atoms with Gasteiger partial charge in [-0.25, -0.2) is 0 Å². The molecule has 0 bridgehead atoms. The Hall–Kier alpha value is -2.62. The molecule has 3 rings (SSSR count). The second-order valence-electron chi connectivity index (χ2n) is 4.83. The van der Waals surface area contributed by atoms with Crippen molar-refractivity contribution in [2.75, 3.05) is 11.4 Å². The number of fused-ring (bicyclic) bond motifs is 2. The highest BCUT2D eigenvalue weighted by Crippen LogP contribution is 2.30. The monoisotopic (exact) mass is 266 g/mol. The van der Waals surface area contributed by atoms with Crippen molar-refractivity contribution in [2.45, 2.75) is 6.54 Å². The van der Waals surface area contributed by atoms with E-state index in [-0.39, 0.29) is 12.3 Å². The lowest BCUT2D eigenvalue weighted by atomic mass is 9.99. The number of carbonyl (C=O) groups excluding carboxylic acids is 2. The van der Waals surface area contributed by atoms with E-state index in [2.05, 4.69) is 0 Å². The van der Waals surface area contributed by atoms with Gasteiger partial charge in [0.1, 0.15) is 0 Å². The van der Waals surface area contributed by atoms with E-state index in [1.165, 1.54) is 0 Å². The fraction of sp³-hybridized carbons (Fsp3) is 0.125. The number of ketones is 1. The van der Waals surface area contributed by atoms with Crippen LogP contribution in [0, 0.1) is 0 Å². The fourth-order valence-electron chi connectivity index (χ4n) is 2.59. The van der Waals surface area contributed by atoms with Crippen molar-refractivity contribution in [3.05, 3.63) is 65.2 Å². The van der Waals surface area contributed by atoms with Crippen molar-refractivity contribution in [1.82, 2.24) is 0 Å². The van der Waals surface area contributed by atoms with Gasteiger partial charge in [0.05, 0.1) is 6.54 Å². The average molecular weight is 266 g/mol. The summed E-state index contributed by atoms with van der Waals surface area (Å²) in [6.07, 6.45) is 0. The van der Waals surface area contributed by atoms with Gasteiger partial charge in [-0.3, -0.25) is 9.59 Å². The zero-order valence-electron chi connectivity index (χ0n) is 10.9. The summed E-state index contributed by atoms with van der Waals surface area (Å²) in [5.74, 6) is -0.421. The Morgan fingerprint density at radius 2 is 1.70 bits per heavy atom. The van der Waals surface area contributed by atoms with Gasteiger partial charge in [-0.15, -0.1) is 0 Å². The minimum atomic E-state index is -0.411. The Labute approximate surface area is 116 Å². The van der Waals surface area contributed by atoms with E-state index >= 15 is 0 Å². The highest BCUT2D eigenvalue weighted by atomic mass is 16.1. The SMILES string of the molecule is NC(=O)CN1Cc2ccccc2C(=O)c2ccccc21. The molecule has 0 saturated heterocycles. The molecule has 1 aliphatic rings. The lowest BCUT2D eigenvalue weighted by Gasteiger charge is -2.23. The van der Waals surface area contributed by atoms with Crippen LogP contribution in [0.3, 0.4) is 0 Å². The molecule has 0 atom stereocenters. The molecule has 2 aromatic rings. The van der Waals surface area contributed by atoms with Gasteiger partial charge in [-0.2, -0.15) is 0 Å². The molecule has 20 heavy (non-hydrogen) atoms. The minimum absolute atomic E-state index is 0.0110. The molecule has 0 unspecified atom stereocenters. The minimum Gasteiger partial charge on any atom is -0.368 e. The molecule has 1 aliphatic heterocycles. The number of hydrogen-bond donors (Lipinski definition) is 1. The Kier molecular flexibility index (Phi) is 2.99. The summed E-state index contributed by atoms with van der Waals surface area (Å²) in [4.78, 5) is 25.7. The summed E-state index contributed by atoms with van der Waals surface area (Å²) in [5, 5.41) is 0. The van der Waals surface area contributed by atoms with E-state index in [9.17, 15) is 9.59 Å². The van der Waals surface area contributed by atoms with Gasteiger partial charge in [-0.05, 0) is 17.7 Å². The van der Waals surface area contributed by atoms with Gasteiger partial charge in [0.2, 0.25) is 5.91 Å². The first kappa shape index (κ1) is 12.4. The quantitative estimate of drug-likeness (QED) is 0.900. The zero-order chi connectivity index (χ0) is 14.1. The maximum atomic E-state index is 12.6. The lowest BCUT2D eigenvalue weighted by Crippen LogP contribution is -2.33. The maximum absolute atomic E-state index is 12.6. The molecule has 4 nitrogen and oxygen atoms in total. The molecule has 1 heterocycles. The van der Waals surface area contributed by atoms with Crippen LogP contribution < -0.4 is 10.6 Å². The van der Waals surface area contributed by atoms with E-state index in [0.717, 1.165) is 11.3 Å². The number of amides is 1. The predicted molar refractivity (Wildman–Crippen MR) is 76.6 cm³/mol. The second kappa shape index (κ2) is 4.81. The van der Waals surface area contributed by atoms with Crippen LogP contribution in [0.15, 0.2) is 48.5 Å². The number of anilines is 1. The van der Waals surface area contributed by atoms with Crippen LogP contribution in [0.5, 0.6) is 0 Å². The highest BCUT2D eigenvalue weighted by molar-refractivity contribution is 6.14. The first-order valence-electron chi connectivity index (χ1n) is 6.41. The first-order valence-corrected chi connectivity index (χ1v) is 6.41. The normalized spacial score (nSPS) is 13.4. The van der Waals surface area contributed by atoms with Gasteiger partial charge in [-0.1, -0.05) is 36.4 Å². The van der Waals surface area contributed by atoms with Crippen LogP contribution >= 0.6 is 0 Å². The molecule has 100 valence electrons. The summed E-state index contributed by atoms with van der Waals surface area (Å²) < 4.78 is 0. The van der Waals surface area contributed by atoms with Crippen molar-refractivity contribution in [3.8, 4) is 0 Å². The van der Waals surface area contributed by atoms with Crippen molar-refractivity contribution in [3.63, 3.8) is 0 Å². The molecule has 2 N–H and O–H groups in total. The molecule has 4 heteroatoms. The molecule has 0 aliphatic carbocycles. The number of rotatable bonds is 2. The third-order valence-electron chi connectivity index (χ3n) is 3.46.